The highest BCUT2D eigenvalue weighted by Crippen LogP contribution is 2.21. The van der Waals surface area contributed by atoms with Gasteiger partial charge in [0.15, 0.2) is 0 Å². The molecule has 4 nitrogen and oxygen atoms in total. The Balaban J connectivity index is 0.00000162. The summed E-state index contributed by atoms with van der Waals surface area (Å²) in [6.45, 7) is 9.00. The summed E-state index contributed by atoms with van der Waals surface area (Å²) in [6.07, 6.45) is 1.26. The summed E-state index contributed by atoms with van der Waals surface area (Å²) in [4.78, 5) is 16.4. The number of rotatable bonds is 3. The molecule has 2 unspecified atom stereocenters. The third-order valence-corrected chi connectivity index (χ3v) is 3.99. The Kier molecular flexibility index (Phi) is 5.89. The van der Waals surface area contributed by atoms with Crippen molar-refractivity contribution >= 4 is 18.3 Å². The van der Waals surface area contributed by atoms with Crippen molar-refractivity contribution in [2.24, 2.45) is 11.8 Å². The van der Waals surface area contributed by atoms with Crippen molar-refractivity contribution in [3.8, 4) is 0 Å². The summed E-state index contributed by atoms with van der Waals surface area (Å²) in [6, 6.07) is 0.554. The van der Waals surface area contributed by atoms with Crippen LogP contribution >= 0.6 is 12.4 Å². The fourth-order valence-corrected chi connectivity index (χ4v) is 2.89. The normalized spacial score (nSPS) is 28.8. The lowest BCUT2D eigenvalue weighted by atomic mass is 9.92. The Bertz CT molecular complexity index is 273. The van der Waals surface area contributed by atoms with Crippen LogP contribution in [-0.4, -0.2) is 61.5 Å². The molecule has 0 aromatic heterocycles. The molecule has 1 amide bonds. The molecule has 5 heteroatoms. The molecule has 2 saturated heterocycles. The molecular formula is C13H26ClN3O. The minimum absolute atomic E-state index is 0. The van der Waals surface area contributed by atoms with Crippen molar-refractivity contribution < 1.29 is 4.79 Å². The maximum absolute atomic E-state index is 12.2. The van der Waals surface area contributed by atoms with Gasteiger partial charge in [-0.3, -0.25) is 9.69 Å². The molecule has 106 valence electrons. The zero-order chi connectivity index (χ0) is 12.4. The quantitative estimate of drug-likeness (QED) is 0.828. The SMILES string of the molecule is CC1CC(C)CN(C(=O)CN(C)C2CNC2)C1.Cl. The molecule has 2 heterocycles. The van der Waals surface area contributed by atoms with Gasteiger partial charge in [0.1, 0.15) is 0 Å². The highest BCUT2D eigenvalue weighted by Gasteiger charge is 2.28. The Hall–Kier alpha value is -0.320. The number of halogens is 1. The lowest BCUT2D eigenvalue weighted by Crippen LogP contribution is -2.58. The average Bonchev–Trinajstić information content (AvgIpc) is 2.12. The average molecular weight is 276 g/mol. The number of carbonyl (C=O) groups is 1. The van der Waals surface area contributed by atoms with Crippen molar-refractivity contribution in [2.75, 3.05) is 39.8 Å². The number of hydrogen-bond acceptors (Lipinski definition) is 3. The molecule has 2 aliphatic rings. The molecular weight excluding hydrogens is 250 g/mol. The third-order valence-electron chi connectivity index (χ3n) is 3.99. The van der Waals surface area contributed by atoms with E-state index in [4.69, 9.17) is 0 Å². The smallest absolute Gasteiger partial charge is 0.236 e. The molecule has 1 N–H and O–H groups in total. The zero-order valence-electron chi connectivity index (χ0n) is 11.7. The van der Waals surface area contributed by atoms with Crippen LogP contribution in [0.2, 0.25) is 0 Å². The Morgan fingerprint density at radius 2 is 1.83 bits per heavy atom. The number of nitrogens with one attached hydrogen (secondary N) is 1. The van der Waals surface area contributed by atoms with Gasteiger partial charge in [0.25, 0.3) is 0 Å². The second kappa shape index (κ2) is 6.73. The third kappa shape index (κ3) is 3.84. The van der Waals surface area contributed by atoms with Crippen LogP contribution < -0.4 is 5.32 Å². The van der Waals surface area contributed by atoms with Crippen molar-refractivity contribution in [2.45, 2.75) is 26.3 Å². The monoisotopic (exact) mass is 275 g/mol. The first-order valence-electron chi connectivity index (χ1n) is 6.75. The van der Waals surface area contributed by atoms with E-state index in [1.807, 2.05) is 0 Å². The molecule has 2 atom stereocenters. The van der Waals surface area contributed by atoms with E-state index in [-0.39, 0.29) is 12.4 Å². The van der Waals surface area contributed by atoms with Crippen LogP contribution in [-0.2, 0) is 4.79 Å². The fraction of sp³-hybridized carbons (Fsp3) is 0.923. The van der Waals surface area contributed by atoms with Crippen molar-refractivity contribution in [3.05, 3.63) is 0 Å². The fourth-order valence-electron chi connectivity index (χ4n) is 2.89. The van der Waals surface area contributed by atoms with Gasteiger partial charge in [0.2, 0.25) is 5.91 Å². The van der Waals surface area contributed by atoms with Crippen molar-refractivity contribution in [3.63, 3.8) is 0 Å². The highest BCUT2D eigenvalue weighted by atomic mass is 35.5. The summed E-state index contributed by atoms with van der Waals surface area (Å²) in [5.41, 5.74) is 0. The Morgan fingerprint density at radius 1 is 1.28 bits per heavy atom. The van der Waals surface area contributed by atoms with E-state index in [2.05, 4.69) is 36.0 Å². The second-order valence-electron chi connectivity index (χ2n) is 5.97. The van der Waals surface area contributed by atoms with E-state index in [0.717, 1.165) is 26.2 Å². The summed E-state index contributed by atoms with van der Waals surface area (Å²) < 4.78 is 0. The van der Waals surface area contributed by atoms with Crippen LogP contribution in [0, 0.1) is 11.8 Å². The highest BCUT2D eigenvalue weighted by molar-refractivity contribution is 5.85. The maximum Gasteiger partial charge on any atom is 0.236 e. The molecule has 0 aliphatic carbocycles. The van der Waals surface area contributed by atoms with Gasteiger partial charge in [-0.05, 0) is 25.3 Å². The minimum atomic E-state index is 0. The molecule has 0 saturated carbocycles. The molecule has 0 aromatic rings. The first kappa shape index (κ1) is 15.7. The Labute approximate surface area is 116 Å². The maximum atomic E-state index is 12.2. The van der Waals surface area contributed by atoms with E-state index in [1.165, 1.54) is 6.42 Å². The molecule has 2 fully saturated rings. The molecule has 18 heavy (non-hydrogen) atoms. The van der Waals surface area contributed by atoms with Crippen molar-refractivity contribution in [1.29, 1.82) is 0 Å². The summed E-state index contributed by atoms with van der Waals surface area (Å²) in [7, 11) is 2.06. The number of likely N-dealkylation sites (N-methyl/N-ethyl adjacent to an activating group) is 1. The number of carbonyl (C=O) groups excluding carboxylic acids is 1. The van der Waals surface area contributed by atoms with Crippen LogP contribution in [0.3, 0.4) is 0 Å². The van der Waals surface area contributed by atoms with Gasteiger partial charge in [-0.25, -0.2) is 0 Å². The molecule has 0 spiro atoms. The summed E-state index contributed by atoms with van der Waals surface area (Å²) in [5.74, 6) is 1.61. The summed E-state index contributed by atoms with van der Waals surface area (Å²) >= 11 is 0. The van der Waals surface area contributed by atoms with Crippen LogP contribution in [0.5, 0.6) is 0 Å². The van der Waals surface area contributed by atoms with Crippen molar-refractivity contribution in [1.82, 2.24) is 15.1 Å². The standard InChI is InChI=1S/C13H25N3O.ClH/c1-10-4-11(2)8-16(7-10)13(17)9-15(3)12-5-14-6-12;/h10-12,14H,4-9H2,1-3H3;1H. The van der Waals surface area contributed by atoms with E-state index in [9.17, 15) is 4.79 Å². The number of amides is 1. The second-order valence-corrected chi connectivity index (χ2v) is 5.97. The van der Waals surface area contributed by atoms with Gasteiger partial charge in [0.05, 0.1) is 6.54 Å². The predicted molar refractivity (Wildman–Crippen MR) is 76.1 cm³/mol. The van der Waals surface area contributed by atoms with Crippen LogP contribution in [0.1, 0.15) is 20.3 Å². The largest absolute Gasteiger partial charge is 0.341 e. The number of nitrogens with zero attached hydrogens (tertiary/aromatic N) is 2. The molecule has 2 rings (SSSR count). The van der Waals surface area contributed by atoms with Gasteiger partial charge in [-0.1, -0.05) is 13.8 Å². The first-order valence-corrected chi connectivity index (χ1v) is 6.75. The van der Waals surface area contributed by atoms with Crippen LogP contribution in [0.15, 0.2) is 0 Å². The molecule has 2 aliphatic heterocycles. The molecule has 0 radical (unpaired) electrons. The van der Waals surface area contributed by atoms with E-state index in [0.29, 0.717) is 30.3 Å². The lowest BCUT2D eigenvalue weighted by molar-refractivity contribution is -0.135. The van der Waals surface area contributed by atoms with Gasteiger partial charge in [0, 0.05) is 32.2 Å². The topological polar surface area (TPSA) is 35.6 Å². The number of likely N-dealkylation sites (tertiary alicyclic amines) is 1. The van der Waals surface area contributed by atoms with E-state index < -0.39 is 0 Å². The van der Waals surface area contributed by atoms with E-state index >= 15 is 0 Å². The first-order chi connectivity index (χ1) is 8.06. The summed E-state index contributed by atoms with van der Waals surface area (Å²) in [5, 5.41) is 3.24. The van der Waals surface area contributed by atoms with Gasteiger partial charge in [-0.2, -0.15) is 0 Å². The zero-order valence-corrected chi connectivity index (χ0v) is 12.5. The van der Waals surface area contributed by atoms with Gasteiger partial charge >= 0.3 is 0 Å². The minimum Gasteiger partial charge on any atom is -0.341 e. The van der Waals surface area contributed by atoms with E-state index in [1.54, 1.807) is 0 Å². The van der Waals surface area contributed by atoms with Crippen LogP contribution in [0.4, 0.5) is 0 Å². The van der Waals surface area contributed by atoms with Gasteiger partial charge < -0.3 is 10.2 Å². The lowest BCUT2D eigenvalue weighted by Gasteiger charge is -2.39. The molecule has 0 bridgehead atoms. The Morgan fingerprint density at radius 3 is 2.28 bits per heavy atom. The van der Waals surface area contributed by atoms with Gasteiger partial charge in [-0.15, -0.1) is 12.4 Å². The van der Waals surface area contributed by atoms with Crippen LogP contribution in [0.25, 0.3) is 0 Å². The number of hydrogen-bond donors (Lipinski definition) is 1. The number of piperidine rings is 1. The molecule has 0 aromatic carbocycles. The predicted octanol–water partition coefficient (Wildman–Crippen LogP) is 0.816.